The Balaban J connectivity index is 2.45. The molecule has 1 aliphatic rings. The Labute approximate surface area is 118 Å². The van der Waals surface area contributed by atoms with Crippen molar-refractivity contribution in [3.8, 4) is 0 Å². The van der Waals surface area contributed by atoms with E-state index < -0.39 is 4.92 Å². The van der Waals surface area contributed by atoms with Gasteiger partial charge < -0.3 is 5.32 Å². The summed E-state index contributed by atoms with van der Waals surface area (Å²) in [5.74, 6) is -0.289. The number of rotatable bonds is 4. The second-order valence-electron chi connectivity index (χ2n) is 5.64. The highest BCUT2D eigenvalue weighted by molar-refractivity contribution is 5.91. The van der Waals surface area contributed by atoms with E-state index in [2.05, 4.69) is 19.2 Å². The van der Waals surface area contributed by atoms with Crippen LogP contribution in [0.15, 0.2) is 12.1 Å². The molecule has 0 saturated heterocycles. The molecule has 0 atom stereocenters. The van der Waals surface area contributed by atoms with E-state index in [4.69, 9.17) is 0 Å². The van der Waals surface area contributed by atoms with Gasteiger partial charge in [-0.25, -0.2) is 0 Å². The highest BCUT2D eigenvalue weighted by atomic mass is 16.6. The van der Waals surface area contributed by atoms with E-state index in [1.807, 2.05) is 0 Å². The SMILES string of the molecule is CCC1(CC)Cc2cc(NC(C)=O)c([N+](=O)[O-])cc2C1. The summed E-state index contributed by atoms with van der Waals surface area (Å²) >= 11 is 0. The molecule has 0 radical (unpaired) electrons. The number of fused-ring (bicyclic) bond motifs is 1. The van der Waals surface area contributed by atoms with E-state index >= 15 is 0 Å². The molecule has 5 heteroatoms. The molecule has 0 unspecified atom stereocenters. The van der Waals surface area contributed by atoms with E-state index in [0.29, 0.717) is 5.69 Å². The van der Waals surface area contributed by atoms with Gasteiger partial charge in [-0.15, -0.1) is 0 Å². The van der Waals surface area contributed by atoms with Crippen LogP contribution in [0.25, 0.3) is 0 Å². The number of anilines is 1. The zero-order chi connectivity index (χ0) is 14.9. The van der Waals surface area contributed by atoms with Crippen molar-refractivity contribution in [3.05, 3.63) is 33.4 Å². The number of carbonyl (C=O) groups is 1. The Kier molecular flexibility index (Phi) is 3.79. The van der Waals surface area contributed by atoms with Gasteiger partial charge in [0.2, 0.25) is 5.91 Å². The lowest BCUT2D eigenvalue weighted by Crippen LogP contribution is -2.18. The maximum atomic E-state index is 11.2. The number of amides is 1. The molecule has 1 aromatic carbocycles. The van der Waals surface area contributed by atoms with Crippen LogP contribution in [0.4, 0.5) is 11.4 Å². The molecule has 1 amide bonds. The molecule has 5 nitrogen and oxygen atoms in total. The Morgan fingerprint density at radius 1 is 1.30 bits per heavy atom. The number of benzene rings is 1. The Hall–Kier alpha value is -1.91. The molecule has 0 bridgehead atoms. The molecule has 20 heavy (non-hydrogen) atoms. The predicted molar refractivity (Wildman–Crippen MR) is 77.8 cm³/mol. The first kappa shape index (κ1) is 14.5. The molecular weight excluding hydrogens is 256 g/mol. The number of hydrogen-bond acceptors (Lipinski definition) is 3. The van der Waals surface area contributed by atoms with Crippen molar-refractivity contribution in [3.63, 3.8) is 0 Å². The van der Waals surface area contributed by atoms with Gasteiger partial charge in [0, 0.05) is 13.0 Å². The second kappa shape index (κ2) is 5.23. The van der Waals surface area contributed by atoms with Crippen LogP contribution in [-0.2, 0) is 17.6 Å². The van der Waals surface area contributed by atoms with Gasteiger partial charge in [0.25, 0.3) is 5.69 Å². The first-order chi connectivity index (χ1) is 9.40. The monoisotopic (exact) mass is 276 g/mol. The lowest BCUT2D eigenvalue weighted by Gasteiger charge is -2.25. The van der Waals surface area contributed by atoms with Gasteiger partial charge in [-0.05, 0) is 48.3 Å². The van der Waals surface area contributed by atoms with Crippen LogP contribution < -0.4 is 5.32 Å². The van der Waals surface area contributed by atoms with Crippen molar-refractivity contribution in [2.75, 3.05) is 5.32 Å². The van der Waals surface area contributed by atoms with Crippen LogP contribution in [0, 0.1) is 15.5 Å². The molecule has 0 aromatic heterocycles. The molecule has 0 saturated carbocycles. The van der Waals surface area contributed by atoms with Gasteiger partial charge in [-0.1, -0.05) is 13.8 Å². The third-order valence-corrected chi connectivity index (χ3v) is 4.46. The van der Waals surface area contributed by atoms with Crippen molar-refractivity contribution < 1.29 is 9.72 Å². The number of hydrogen-bond donors (Lipinski definition) is 1. The zero-order valence-electron chi connectivity index (χ0n) is 12.2. The van der Waals surface area contributed by atoms with Crippen LogP contribution in [-0.4, -0.2) is 10.8 Å². The number of carbonyl (C=O) groups excluding carboxylic acids is 1. The molecule has 1 aromatic rings. The summed E-state index contributed by atoms with van der Waals surface area (Å²) in [6.07, 6.45) is 3.93. The Bertz CT molecular complexity index is 562. The van der Waals surface area contributed by atoms with Gasteiger partial charge in [0.1, 0.15) is 5.69 Å². The minimum atomic E-state index is -0.427. The topological polar surface area (TPSA) is 72.2 Å². The van der Waals surface area contributed by atoms with Gasteiger partial charge in [0.15, 0.2) is 0 Å². The normalized spacial score (nSPS) is 15.8. The minimum absolute atomic E-state index is 0.0121. The van der Waals surface area contributed by atoms with Crippen LogP contribution >= 0.6 is 0 Å². The molecule has 0 heterocycles. The fourth-order valence-electron chi connectivity index (χ4n) is 3.07. The average molecular weight is 276 g/mol. The lowest BCUT2D eigenvalue weighted by atomic mass is 9.80. The quantitative estimate of drug-likeness (QED) is 0.676. The summed E-state index contributed by atoms with van der Waals surface area (Å²) in [4.78, 5) is 21.9. The largest absolute Gasteiger partial charge is 0.321 e. The molecule has 0 aliphatic heterocycles. The second-order valence-corrected chi connectivity index (χ2v) is 5.64. The zero-order valence-corrected chi connectivity index (χ0v) is 12.2. The van der Waals surface area contributed by atoms with Gasteiger partial charge in [-0.3, -0.25) is 14.9 Å². The maximum absolute atomic E-state index is 11.2. The van der Waals surface area contributed by atoms with E-state index in [1.165, 1.54) is 6.92 Å². The highest BCUT2D eigenvalue weighted by Gasteiger charge is 2.36. The van der Waals surface area contributed by atoms with E-state index in [9.17, 15) is 14.9 Å². The van der Waals surface area contributed by atoms with Gasteiger partial charge in [-0.2, -0.15) is 0 Å². The predicted octanol–water partition coefficient (Wildman–Crippen LogP) is 3.46. The summed E-state index contributed by atoms with van der Waals surface area (Å²) in [5, 5.41) is 13.7. The lowest BCUT2D eigenvalue weighted by molar-refractivity contribution is -0.384. The summed E-state index contributed by atoms with van der Waals surface area (Å²) in [6.45, 7) is 5.69. The van der Waals surface area contributed by atoms with Crippen LogP contribution in [0.2, 0.25) is 0 Å². The first-order valence-electron chi connectivity index (χ1n) is 6.98. The van der Waals surface area contributed by atoms with Crippen molar-refractivity contribution in [1.82, 2.24) is 0 Å². The fourth-order valence-corrected chi connectivity index (χ4v) is 3.07. The Morgan fingerprint density at radius 2 is 1.85 bits per heavy atom. The summed E-state index contributed by atoms with van der Waals surface area (Å²) in [6, 6.07) is 3.41. The number of nitro groups is 1. The molecule has 2 rings (SSSR count). The molecule has 0 fully saturated rings. The van der Waals surface area contributed by atoms with Crippen molar-refractivity contribution in [2.45, 2.75) is 46.5 Å². The Morgan fingerprint density at radius 3 is 2.30 bits per heavy atom. The van der Waals surface area contributed by atoms with E-state index in [1.54, 1.807) is 12.1 Å². The average Bonchev–Trinajstić information content (AvgIpc) is 2.75. The van der Waals surface area contributed by atoms with Crippen LogP contribution in [0.1, 0.15) is 44.7 Å². The highest BCUT2D eigenvalue weighted by Crippen LogP contribution is 2.44. The molecule has 0 spiro atoms. The number of nitrogens with one attached hydrogen (secondary N) is 1. The first-order valence-corrected chi connectivity index (χ1v) is 6.98. The molecule has 1 N–H and O–H groups in total. The number of nitrogens with zero attached hydrogens (tertiary/aromatic N) is 1. The third-order valence-electron chi connectivity index (χ3n) is 4.46. The standard InChI is InChI=1S/C15H20N2O3/c1-4-15(5-2)8-11-6-13(16-10(3)18)14(17(19)20)7-12(11)9-15/h6-7H,4-5,8-9H2,1-3H3,(H,16,18). The number of nitro benzene ring substituents is 1. The summed E-state index contributed by atoms with van der Waals surface area (Å²) < 4.78 is 0. The van der Waals surface area contributed by atoms with Gasteiger partial charge in [0.05, 0.1) is 4.92 Å². The molecule has 108 valence electrons. The van der Waals surface area contributed by atoms with Gasteiger partial charge >= 0.3 is 0 Å². The van der Waals surface area contributed by atoms with E-state index in [-0.39, 0.29) is 17.0 Å². The smallest absolute Gasteiger partial charge is 0.293 e. The fraction of sp³-hybridized carbons (Fsp3) is 0.533. The van der Waals surface area contributed by atoms with Crippen molar-refractivity contribution >= 4 is 17.3 Å². The minimum Gasteiger partial charge on any atom is -0.321 e. The molecule has 1 aliphatic carbocycles. The van der Waals surface area contributed by atoms with Crippen molar-refractivity contribution in [1.29, 1.82) is 0 Å². The molecular formula is C15H20N2O3. The summed E-state index contributed by atoms with van der Waals surface area (Å²) in [7, 11) is 0. The van der Waals surface area contributed by atoms with Crippen molar-refractivity contribution in [2.24, 2.45) is 5.41 Å². The van der Waals surface area contributed by atoms with Crippen LogP contribution in [0.5, 0.6) is 0 Å². The third kappa shape index (κ3) is 2.53. The van der Waals surface area contributed by atoms with Crippen LogP contribution in [0.3, 0.4) is 0 Å². The van der Waals surface area contributed by atoms with E-state index in [0.717, 1.165) is 36.8 Å². The summed E-state index contributed by atoms with van der Waals surface area (Å²) in [5.41, 5.74) is 2.69. The maximum Gasteiger partial charge on any atom is 0.293 e.